The van der Waals surface area contributed by atoms with Crippen LogP contribution in [0.3, 0.4) is 0 Å². The van der Waals surface area contributed by atoms with Crippen LogP contribution >= 0.6 is 0 Å². The van der Waals surface area contributed by atoms with Gasteiger partial charge in [-0.15, -0.1) is 0 Å². The largest absolute Gasteiger partial charge is 0.492 e. The van der Waals surface area contributed by atoms with Crippen LogP contribution in [0.4, 0.5) is 16.2 Å². The summed E-state index contributed by atoms with van der Waals surface area (Å²) in [4.78, 5) is 49.6. The SMILES string of the molecule is CCOc1ccccc1N1C(=O)NC(=O)/C(=C/c2ccc(-c3ccccc3[N+](=O)[O-])o2)C1=O. The number of nitrogens with one attached hydrogen (secondary N) is 1. The maximum Gasteiger partial charge on any atom is 0.336 e. The van der Waals surface area contributed by atoms with Gasteiger partial charge in [0.2, 0.25) is 0 Å². The maximum atomic E-state index is 13.1. The number of amides is 4. The monoisotopic (exact) mass is 447 g/mol. The van der Waals surface area contributed by atoms with Crippen LogP contribution < -0.4 is 15.0 Å². The molecule has 2 heterocycles. The summed E-state index contributed by atoms with van der Waals surface area (Å²) in [5, 5.41) is 13.4. The first-order valence-electron chi connectivity index (χ1n) is 9.87. The van der Waals surface area contributed by atoms with E-state index in [0.717, 1.165) is 4.90 Å². The number of urea groups is 1. The van der Waals surface area contributed by atoms with Gasteiger partial charge in [-0.3, -0.25) is 25.0 Å². The average molecular weight is 447 g/mol. The molecule has 4 amide bonds. The fourth-order valence-electron chi connectivity index (χ4n) is 3.35. The molecule has 10 heteroatoms. The number of benzene rings is 2. The van der Waals surface area contributed by atoms with Gasteiger partial charge >= 0.3 is 6.03 Å². The number of nitrogens with zero attached hydrogens (tertiary/aromatic N) is 2. The summed E-state index contributed by atoms with van der Waals surface area (Å²) >= 11 is 0. The van der Waals surface area contributed by atoms with Crippen molar-refractivity contribution in [1.82, 2.24) is 5.32 Å². The number of para-hydroxylation sites is 3. The van der Waals surface area contributed by atoms with Crippen molar-refractivity contribution in [3.8, 4) is 17.1 Å². The molecular weight excluding hydrogens is 430 g/mol. The lowest BCUT2D eigenvalue weighted by molar-refractivity contribution is -0.384. The van der Waals surface area contributed by atoms with Crippen LogP contribution in [0, 0.1) is 10.1 Å². The number of nitro benzene ring substituents is 1. The zero-order valence-corrected chi connectivity index (χ0v) is 17.3. The molecule has 1 saturated heterocycles. The Balaban J connectivity index is 1.71. The van der Waals surface area contributed by atoms with Gasteiger partial charge in [0.15, 0.2) is 0 Å². The van der Waals surface area contributed by atoms with Crippen LogP contribution in [0.15, 0.2) is 70.7 Å². The van der Waals surface area contributed by atoms with Gasteiger partial charge in [-0.25, -0.2) is 9.69 Å². The predicted molar refractivity (Wildman–Crippen MR) is 117 cm³/mol. The molecule has 1 aliphatic heterocycles. The second-order valence-corrected chi connectivity index (χ2v) is 6.83. The van der Waals surface area contributed by atoms with Crippen molar-refractivity contribution in [2.75, 3.05) is 11.5 Å². The highest BCUT2D eigenvalue weighted by atomic mass is 16.6. The first-order chi connectivity index (χ1) is 15.9. The minimum absolute atomic E-state index is 0.106. The van der Waals surface area contributed by atoms with Crippen LogP contribution in [-0.2, 0) is 9.59 Å². The summed E-state index contributed by atoms with van der Waals surface area (Å²) in [5.41, 5.74) is -0.0690. The zero-order valence-electron chi connectivity index (χ0n) is 17.3. The van der Waals surface area contributed by atoms with E-state index >= 15 is 0 Å². The number of ether oxygens (including phenoxy) is 1. The van der Waals surface area contributed by atoms with Gasteiger partial charge in [0.1, 0.15) is 22.8 Å². The molecule has 1 N–H and O–H groups in total. The number of nitro groups is 1. The van der Waals surface area contributed by atoms with Crippen molar-refractivity contribution in [1.29, 1.82) is 0 Å². The fraction of sp³-hybridized carbons (Fsp3) is 0.0870. The Bertz CT molecular complexity index is 1310. The highest BCUT2D eigenvalue weighted by Crippen LogP contribution is 2.33. The molecule has 0 atom stereocenters. The fourth-order valence-corrected chi connectivity index (χ4v) is 3.35. The molecule has 0 saturated carbocycles. The topological polar surface area (TPSA) is 132 Å². The summed E-state index contributed by atoms with van der Waals surface area (Å²) in [6.45, 7) is 2.07. The Hall–Kier alpha value is -4.73. The molecule has 0 unspecified atom stereocenters. The molecule has 0 spiro atoms. The number of furan rings is 1. The lowest BCUT2D eigenvalue weighted by Crippen LogP contribution is -2.54. The van der Waals surface area contributed by atoms with Crippen LogP contribution in [0.2, 0.25) is 0 Å². The van der Waals surface area contributed by atoms with E-state index in [1.165, 1.54) is 42.5 Å². The van der Waals surface area contributed by atoms with Crippen molar-refractivity contribution in [2.24, 2.45) is 0 Å². The molecule has 1 aliphatic rings. The average Bonchev–Trinajstić information content (AvgIpc) is 3.26. The summed E-state index contributed by atoms with van der Waals surface area (Å²) in [5.74, 6) is -1.16. The van der Waals surface area contributed by atoms with Crippen molar-refractivity contribution in [3.05, 3.63) is 82.1 Å². The third kappa shape index (κ3) is 4.09. The number of hydrogen-bond acceptors (Lipinski definition) is 7. The highest BCUT2D eigenvalue weighted by molar-refractivity contribution is 6.39. The van der Waals surface area contributed by atoms with Crippen LogP contribution in [0.1, 0.15) is 12.7 Å². The molecular formula is C23H17N3O7. The smallest absolute Gasteiger partial charge is 0.336 e. The molecule has 10 nitrogen and oxygen atoms in total. The van der Waals surface area contributed by atoms with Gasteiger partial charge in [-0.05, 0) is 43.3 Å². The predicted octanol–water partition coefficient (Wildman–Crippen LogP) is 3.92. The Labute approximate surface area is 187 Å². The van der Waals surface area contributed by atoms with Gasteiger partial charge in [0, 0.05) is 6.07 Å². The molecule has 0 radical (unpaired) electrons. The van der Waals surface area contributed by atoms with E-state index < -0.39 is 22.8 Å². The third-order valence-corrected chi connectivity index (χ3v) is 4.79. The summed E-state index contributed by atoms with van der Waals surface area (Å²) in [6.07, 6.45) is 1.18. The number of carbonyl (C=O) groups excluding carboxylic acids is 3. The van der Waals surface area contributed by atoms with E-state index in [0.29, 0.717) is 12.4 Å². The number of carbonyl (C=O) groups is 3. The lowest BCUT2D eigenvalue weighted by Gasteiger charge is -2.27. The van der Waals surface area contributed by atoms with E-state index in [9.17, 15) is 24.5 Å². The zero-order chi connectivity index (χ0) is 23.5. The van der Waals surface area contributed by atoms with E-state index in [-0.39, 0.29) is 34.0 Å². The quantitative estimate of drug-likeness (QED) is 0.262. The number of rotatable bonds is 6. The third-order valence-electron chi connectivity index (χ3n) is 4.79. The van der Waals surface area contributed by atoms with Gasteiger partial charge in [-0.1, -0.05) is 24.3 Å². The Kier molecular flexibility index (Phi) is 5.73. The van der Waals surface area contributed by atoms with Crippen molar-refractivity contribution in [2.45, 2.75) is 6.92 Å². The second-order valence-electron chi connectivity index (χ2n) is 6.83. The Morgan fingerprint density at radius 1 is 1.06 bits per heavy atom. The number of imide groups is 2. The maximum absolute atomic E-state index is 13.1. The molecule has 4 rings (SSSR count). The molecule has 166 valence electrons. The summed E-state index contributed by atoms with van der Waals surface area (Å²) in [6, 6.07) is 14.5. The standard InChI is InChI=1S/C23H17N3O7/c1-2-32-20-10-6-5-9-18(20)25-22(28)16(21(27)24-23(25)29)13-14-11-12-19(33-14)15-7-3-4-8-17(15)26(30)31/h3-13H,2H2,1H3,(H,24,27,29)/b16-13-. The second kappa shape index (κ2) is 8.79. The molecule has 1 aromatic heterocycles. The molecule has 1 fully saturated rings. The Morgan fingerprint density at radius 2 is 1.79 bits per heavy atom. The van der Waals surface area contributed by atoms with Gasteiger partial charge in [-0.2, -0.15) is 0 Å². The molecule has 3 aromatic rings. The number of anilines is 1. The highest BCUT2D eigenvalue weighted by Gasteiger charge is 2.38. The molecule has 33 heavy (non-hydrogen) atoms. The normalized spacial score (nSPS) is 15.0. The van der Waals surface area contributed by atoms with E-state index in [1.54, 1.807) is 31.2 Å². The van der Waals surface area contributed by atoms with Crippen LogP contribution in [0.25, 0.3) is 17.4 Å². The molecule has 2 aromatic carbocycles. The summed E-state index contributed by atoms with van der Waals surface area (Å²) < 4.78 is 11.1. The van der Waals surface area contributed by atoms with Gasteiger partial charge < -0.3 is 9.15 Å². The van der Waals surface area contributed by atoms with E-state index in [2.05, 4.69) is 5.32 Å². The Morgan fingerprint density at radius 3 is 2.55 bits per heavy atom. The van der Waals surface area contributed by atoms with Crippen molar-refractivity contribution in [3.63, 3.8) is 0 Å². The van der Waals surface area contributed by atoms with Gasteiger partial charge in [0.05, 0.1) is 22.8 Å². The minimum atomic E-state index is -0.908. The van der Waals surface area contributed by atoms with Crippen LogP contribution in [-0.4, -0.2) is 29.4 Å². The molecule has 0 bridgehead atoms. The first kappa shape index (κ1) is 21.5. The van der Waals surface area contributed by atoms with E-state index in [4.69, 9.17) is 9.15 Å². The minimum Gasteiger partial charge on any atom is -0.492 e. The molecule has 0 aliphatic carbocycles. The van der Waals surface area contributed by atoms with Crippen molar-refractivity contribution < 1.29 is 28.5 Å². The van der Waals surface area contributed by atoms with Crippen molar-refractivity contribution >= 4 is 35.3 Å². The first-order valence-corrected chi connectivity index (χ1v) is 9.87. The number of hydrogen-bond donors (Lipinski definition) is 1. The summed E-state index contributed by atoms with van der Waals surface area (Å²) in [7, 11) is 0. The van der Waals surface area contributed by atoms with Crippen LogP contribution in [0.5, 0.6) is 5.75 Å². The number of barbiturate groups is 1. The van der Waals surface area contributed by atoms with E-state index in [1.807, 2.05) is 0 Å². The van der Waals surface area contributed by atoms with Gasteiger partial charge in [0.25, 0.3) is 17.5 Å². The lowest BCUT2D eigenvalue weighted by atomic mass is 10.1.